The smallest absolute Gasteiger partial charge is 0.161 e. The molecule has 0 spiro atoms. The maximum Gasteiger partial charge on any atom is 0.161 e. The highest BCUT2D eigenvalue weighted by molar-refractivity contribution is 7.09. The highest BCUT2D eigenvalue weighted by Crippen LogP contribution is 2.30. The second-order valence-electron chi connectivity index (χ2n) is 12.9. The quantitative estimate of drug-likeness (QED) is 0.0720. The molecule has 1 rings (SSSR count). The van der Waals surface area contributed by atoms with Gasteiger partial charge in [0.05, 0.1) is 31.8 Å². The van der Waals surface area contributed by atoms with E-state index in [2.05, 4.69) is 55.4 Å². The normalized spacial score (nSPS) is 12.1. The highest BCUT2D eigenvalue weighted by atomic mass is 31.0. The van der Waals surface area contributed by atoms with Crippen molar-refractivity contribution in [2.75, 3.05) is 19.8 Å². The van der Waals surface area contributed by atoms with Crippen molar-refractivity contribution in [2.45, 2.75) is 150 Å². The van der Waals surface area contributed by atoms with Gasteiger partial charge in [-0.15, -0.1) is 0 Å². The molecule has 2 unspecified atom stereocenters. The zero-order valence-corrected chi connectivity index (χ0v) is 28.4. The summed E-state index contributed by atoms with van der Waals surface area (Å²) in [6, 6.07) is 8.50. The van der Waals surface area contributed by atoms with E-state index in [9.17, 15) is 5.26 Å². The second-order valence-corrected chi connectivity index (χ2v) is 13.2. The Balaban J connectivity index is 2.38. The van der Waals surface area contributed by atoms with Gasteiger partial charge in [-0.05, 0) is 48.8 Å². The van der Waals surface area contributed by atoms with Gasteiger partial charge in [0.1, 0.15) is 0 Å². The van der Waals surface area contributed by atoms with Crippen molar-refractivity contribution < 1.29 is 14.0 Å². The minimum atomic E-state index is -0.173. The van der Waals surface area contributed by atoms with Gasteiger partial charge >= 0.3 is 0 Å². The van der Waals surface area contributed by atoms with Crippen LogP contribution in [0.5, 0.6) is 11.5 Å². The van der Waals surface area contributed by atoms with Gasteiger partial charge in [0, 0.05) is 9.47 Å². The lowest BCUT2D eigenvalue weighted by molar-refractivity contribution is 0.258. The van der Waals surface area contributed by atoms with Crippen LogP contribution in [0.4, 0.5) is 0 Å². The largest absolute Gasteiger partial charge is 0.490 e. The summed E-state index contributed by atoms with van der Waals surface area (Å²) in [7, 11) is 2.24. The van der Waals surface area contributed by atoms with E-state index in [1.165, 1.54) is 103 Å². The predicted octanol–water partition coefficient (Wildman–Crippen LogP) is 11.3. The van der Waals surface area contributed by atoms with Crippen LogP contribution >= 0.6 is 9.47 Å². The number of ether oxygens (including phenoxy) is 2. The van der Waals surface area contributed by atoms with Gasteiger partial charge in [0.15, 0.2) is 11.5 Å². The van der Waals surface area contributed by atoms with E-state index in [1.54, 1.807) is 0 Å². The van der Waals surface area contributed by atoms with Gasteiger partial charge in [0.2, 0.25) is 0 Å². The Hall–Kier alpha value is -1.30. The Labute approximate surface area is 257 Å². The van der Waals surface area contributed by atoms with Crippen molar-refractivity contribution >= 4 is 9.47 Å². The number of rotatable bonds is 28. The van der Waals surface area contributed by atoms with Crippen LogP contribution in [-0.2, 0) is 10.9 Å². The minimum Gasteiger partial charge on any atom is -0.490 e. The van der Waals surface area contributed by atoms with Crippen LogP contribution in [0.1, 0.15) is 149 Å². The van der Waals surface area contributed by atoms with E-state index in [-0.39, 0.29) is 5.92 Å². The topological polar surface area (TPSA) is 51.5 Å². The van der Waals surface area contributed by atoms with E-state index in [4.69, 9.17) is 14.0 Å². The van der Waals surface area contributed by atoms with E-state index >= 15 is 0 Å². The molecule has 1 aromatic rings. The third-order valence-electron chi connectivity index (χ3n) is 7.84. The lowest BCUT2D eigenvalue weighted by Crippen LogP contribution is -2.08. The van der Waals surface area contributed by atoms with Gasteiger partial charge in [-0.1, -0.05) is 136 Å². The van der Waals surface area contributed by atoms with Gasteiger partial charge in [-0.2, -0.15) is 5.26 Å². The molecule has 41 heavy (non-hydrogen) atoms. The molecule has 0 aliphatic rings. The first-order valence-electron chi connectivity index (χ1n) is 17.1. The standard InChI is InChI=1S/C36H64NO3P/c1-31(2)21-17-13-9-5-7-11-15-19-25-38-35-24-23-33(27-34(29-37)30-40-41)28-36(35)39-26-20-16-12-8-6-10-14-18-22-32(3)4/h23-24,28,31-32,34H,5-22,25-27,30,41H2,1-4H3. The van der Waals surface area contributed by atoms with Crippen LogP contribution in [0.3, 0.4) is 0 Å². The molecule has 2 atom stereocenters. The number of nitriles is 1. The molecule has 0 aliphatic carbocycles. The third-order valence-corrected chi connectivity index (χ3v) is 8.03. The Morgan fingerprint density at radius 1 is 0.634 bits per heavy atom. The number of hydrogen-bond acceptors (Lipinski definition) is 4. The summed E-state index contributed by atoms with van der Waals surface area (Å²) in [5.41, 5.74) is 1.09. The van der Waals surface area contributed by atoms with E-state index in [1.807, 2.05) is 6.07 Å². The van der Waals surface area contributed by atoms with Crippen LogP contribution in [0.25, 0.3) is 0 Å². The SMILES string of the molecule is CC(C)CCCCCCCCCCOc1ccc(CC(C#N)COP)cc1OCCCCCCCCCCC(C)C. The maximum absolute atomic E-state index is 9.45. The average molecular weight is 590 g/mol. The molecule has 0 aromatic heterocycles. The molecule has 0 N–H and O–H groups in total. The van der Waals surface area contributed by atoms with Gasteiger partial charge in [-0.3, -0.25) is 0 Å². The van der Waals surface area contributed by atoms with Gasteiger partial charge in [-0.25, -0.2) is 0 Å². The van der Waals surface area contributed by atoms with Crippen molar-refractivity contribution in [2.24, 2.45) is 17.8 Å². The number of nitrogens with zero attached hydrogens (tertiary/aromatic N) is 1. The van der Waals surface area contributed by atoms with Gasteiger partial charge < -0.3 is 14.0 Å². The average Bonchev–Trinajstić information content (AvgIpc) is 2.94. The predicted molar refractivity (Wildman–Crippen MR) is 179 cm³/mol. The molecule has 0 heterocycles. The van der Waals surface area contributed by atoms with Crippen molar-refractivity contribution in [3.05, 3.63) is 23.8 Å². The van der Waals surface area contributed by atoms with Crippen molar-refractivity contribution in [3.63, 3.8) is 0 Å². The molecule has 0 aliphatic heterocycles. The highest BCUT2D eigenvalue weighted by Gasteiger charge is 2.12. The second kappa shape index (κ2) is 26.3. The molecule has 0 bridgehead atoms. The van der Waals surface area contributed by atoms with E-state index in [0.29, 0.717) is 19.6 Å². The van der Waals surface area contributed by atoms with Crippen LogP contribution in [-0.4, -0.2) is 19.8 Å². The minimum absolute atomic E-state index is 0.173. The first kappa shape index (κ1) is 37.7. The molecule has 5 heteroatoms. The first-order chi connectivity index (χ1) is 20.0. The summed E-state index contributed by atoms with van der Waals surface area (Å²) < 4.78 is 17.6. The number of unbranched alkanes of at least 4 members (excludes halogenated alkanes) is 14. The zero-order chi connectivity index (χ0) is 30.0. The van der Waals surface area contributed by atoms with Crippen molar-refractivity contribution in [3.8, 4) is 17.6 Å². The summed E-state index contributed by atoms with van der Waals surface area (Å²) in [5, 5.41) is 9.45. The molecule has 1 aromatic carbocycles. The molecule has 236 valence electrons. The van der Waals surface area contributed by atoms with E-state index < -0.39 is 0 Å². The van der Waals surface area contributed by atoms with Crippen LogP contribution in [0.2, 0.25) is 0 Å². The lowest BCUT2D eigenvalue weighted by Gasteiger charge is -2.15. The summed E-state index contributed by atoms with van der Waals surface area (Å²) in [6.07, 6.45) is 24.2. The molecular weight excluding hydrogens is 525 g/mol. The fourth-order valence-electron chi connectivity index (χ4n) is 5.25. The van der Waals surface area contributed by atoms with Crippen LogP contribution < -0.4 is 9.47 Å². The molecule has 0 saturated carbocycles. The third kappa shape index (κ3) is 22.0. The fraction of sp³-hybridized carbons (Fsp3) is 0.806. The summed E-state index contributed by atoms with van der Waals surface area (Å²) in [4.78, 5) is 0. The van der Waals surface area contributed by atoms with E-state index in [0.717, 1.165) is 48.3 Å². The number of hydrogen-bond donors (Lipinski definition) is 0. The number of benzene rings is 1. The molecule has 0 amide bonds. The maximum atomic E-state index is 9.45. The Morgan fingerprint density at radius 2 is 1.07 bits per heavy atom. The van der Waals surface area contributed by atoms with Gasteiger partial charge in [0.25, 0.3) is 0 Å². The fourth-order valence-corrected chi connectivity index (χ4v) is 5.48. The van der Waals surface area contributed by atoms with Crippen molar-refractivity contribution in [1.82, 2.24) is 0 Å². The Kier molecular flexibility index (Phi) is 24.2. The summed E-state index contributed by atoms with van der Waals surface area (Å²) in [6.45, 7) is 11.1. The van der Waals surface area contributed by atoms with Crippen molar-refractivity contribution in [1.29, 1.82) is 5.26 Å². The first-order valence-corrected chi connectivity index (χ1v) is 17.5. The Morgan fingerprint density at radius 3 is 1.51 bits per heavy atom. The Bertz CT molecular complexity index is 777. The molecule has 0 fully saturated rings. The summed E-state index contributed by atoms with van der Waals surface area (Å²) >= 11 is 0. The van der Waals surface area contributed by atoms with Crippen LogP contribution in [0, 0.1) is 29.1 Å². The monoisotopic (exact) mass is 589 g/mol. The molecule has 0 saturated heterocycles. The zero-order valence-electron chi connectivity index (χ0n) is 27.3. The van der Waals surface area contributed by atoms with Crippen LogP contribution in [0.15, 0.2) is 18.2 Å². The molecular formula is C36H64NO3P. The lowest BCUT2D eigenvalue weighted by atomic mass is 10.0. The molecule has 0 radical (unpaired) electrons. The summed E-state index contributed by atoms with van der Waals surface area (Å²) in [5.74, 6) is 3.15. The molecule has 4 nitrogen and oxygen atoms in total.